The van der Waals surface area contributed by atoms with Crippen LogP contribution in [0.2, 0.25) is 0 Å². The van der Waals surface area contributed by atoms with Crippen LogP contribution in [-0.2, 0) is 19.4 Å². The third-order valence-electron chi connectivity index (χ3n) is 6.27. The van der Waals surface area contributed by atoms with Crippen molar-refractivity contribution in [2.24, 2.45) is 10.4 Å². The molecule has 2 aliphatic heterocycles. The van der Waals surface area contributed by atoms with Crippen molar-refractivity contribution in [3.8, 4) is 0 Å². The van der Waals surface area contributed by atoms with Crippen molar-refractivity contribution in [3.63, 3.8) is 0 Å². The smallest absolute Gasteiger partial charge is 0.193 e. The maximum absolute atomic E-state index is 4.92. The molecule has 1 aromatic heterocycles. The molecule has 3 aliphatic rings. The largest absolute Gasteiger partial charge is 0.357 e. The average molecular weight is 472 g/mol. The van der Waals surface area contributed by atoms with E-state index in [1.54, 1.807) is 0 Å². The van der Waals surface area contributed by atoms with E-state index in [0.29, 0.717) is 5.41 Å². The zero-order chi connectivity index (χ0) is 17.1. The number of rotatable bonds is 4. The maximum atomic E-state index is 4.92. The standard InChI is InChI=1S/C19H32N6.HI/c1-2-20-18(24-14-11-19(15-24)9-6-10-19)21-12-8-17-23-22-16-7-4-3-5-13-25(16)17;/h2-15H2,1H3,(H,20,21);1H. The molecule has 0 atom stereocenters. The highest BCUT2D eigenvalue weighted by Crippen LogP contribution is 2.47. The molecule has 0 aromatic carbocycles. The summed E-state index contributed by atoms with van der Waals surface area (Å²) in [6, 6.07) is 0. The average Bonchev–Trinajstić information content (AvgIpc) is 3.13. The summed E-state index contributed by atoms with van der Waals surface area (Å²) in [6.07, 6.45) is 11.4. The Morgan fingerprint density at radius 1 is 1.12 bits per heavy atom. The molecule has 0 amide bonds. The predicted octanol–water partition coefficient (Wildman–Crippen LogP) is 3.01. The third-order valence-corrected chi connectivity index (χ3v) is 6.27. The number of nitrogens with one attached hydrogen (secondary N) is 1. The zero-order valence-corrected chi connectivity index (χ0v) is 18.4. The first kappa shape index (κ1) is 19.9. The van der Waals surface area contributed by atoms with Crippen LogP contribution in [0.25, 0.3) is 0 Å². The van der Waals surface area contributed by atoms with Gasteiger partial charge in [0, 0.05) is 45.6 Å². The van der Waals surface area contributed by atoms with E-state index in [-0.39, 0.29) is 24.0 Å². The Hall–Kier alpha value is -0.860. The summed E-state index contributed by atoms with van der Waals surface area (Å²) >= 11 is 0. The highest BCUT2D eigenvalue weighted by molar-refractivity contribution is 14.0. The van der Waals surface area contributed by atoms with Gasteiger partial charge < -0.3 is 14.8 Å². The highest BCUT2D eigenvalue weighted by atomic mass is 127. The van der Waals surface area contributed by atoms with Gasteiger partial charge in [-0.15, -0.1) is 34.2 Å². The van der Waals surface area contributed by atoms with Crippen LogP contribution in [0.1, 0.15) is 63.5 Å². The Morgan fingerprint density at radius 3 is 2.73 bits per heavy atom. The summed E-state index contributed by atoms with van der Waals surface area (Å²) in [5, 5.41) is 12.3. The number of likely N-dealkylation sites (tertiary alicyclic amines) is 1. The van der Waals surface area contributed by atoms with Gasteiger partial charge in [0.1, 0.15) is 11.6 Å². The van der Waals surface area contributed by atoms with Crippen molar-refractivity contribution in [2.75, 3.05) is 26.2 Å². The molecule has 1 aliphatic carbocycles. The first-order valence-corrected chi connectivity index (χ1v) is 10.2. The van der Waals surface area contributed by atoms with Gasteiger partial charge in [-0.05, 0) is 44.4 Å². The molecular formula is C19H33IN6. The van der Waals surface area contributed by atoms with Gasteiger partial charge >= 0.3 is 0 Å². The quantitative estimate of drug-likeness (QED) is 0.416. The molecule has 6 nitrogen and oxygen atoms in total. The van der Waals surface area contributed by atoms with Crippen molar-refractivity contribution in [3.05, 3.63) is 11.6 Å². The summed E-state index contributed by atoms with van der Waals surface area (Å²) in [7, 11) is 0. The van der Waals surface area contributed by atoms with E-state index >= 15 is 0 Å². The second kappa shape index (κ2) is 8.89. The second-order valence-corrected chi connectivity index (χ2v) is 8.01. The minimum atomic E-state index is 0. The molecule has 1 aromatic rings. The normalized spacial score (nSPS) is 21.7. The fraction of sp³-hybridized carbons (Fsp3) is 0.842. The number of nitrogens with zero attached hydrogens (tertiary/aromatic N) is 5. The number of halogens is 1. The van der Waals surface area contributed by atoms with Gasteiger partial charge in [-0.2, -0.15) is 0 Å². The summed E-state index contributed by atoms with van der Waals surface area (Å²) in [5.74, 6) is 3.39. The lowest BCUT2D eigenvalue weighted by atomic mass is 9.68. The number of aryl methyl sites for hydroxylation is 1. The Bertz CT molecular complexity index is 622. The summed E-state index contributed by atoms with van der Waals surface area (Å²) in [4.78, 5) is 7.40. The lowest BCUT2D eigenvalue weighted by molar-refractivity contribution is 0.151. The van der Waals surface area contributed by atoms with Crippen LogP contribution < -0.4 is 5.32 Å². The second-order valence-electron chi connectivity index (χ2n) is 8.01. The van der Waals surface area contributed by atoms with E-state index in [4.69, 9.17) is 4.99 Å². The van der Waals surface area contributed by atoms with Gasteiger partial charge in [-0.25, -0.2) is 0 Å². The molecule has 26 heavy (non-hydrogen) atoms. The molecule has 4 rings (SSSR count). The zero-order valence-electron chi connectivity index (χ0n) is 16.0. The highest BCUT2D eigenvalue weighted by Gasteiger charge is 2.43. The van der Waals surface area contributed by atoms with Crippen LogP contribution in [0.3, 0.4) is 0 Å². The van der Waals surface area contributed by atoms with Crippen molar-refractivity contribution in [2.45, 2.75) is 71.3 Å². The minimum Gasteiger partial charge on any atom is -0.357 e. The van der Waals surface area contributed by atoms with Gasteiger partial charge in [0.25, 0.3) is 0 Å². The minimum absolute atomic E-state index is 0. The van der Waals surface area contributed by atoms with Gasteiger partial charge in [0.05, 0.1) is 0 Å². The van der Waals surface area contributed by atoms with Gasteiger partial charge in [0.15, 0.2) is 5.96 Å². The molecule has 7 heteroatoms. The van der Waals surface area contributed by atoms with Gasteiger partial charge in [0.2, 0.25) is 0 Å². The Labute approximate surface area is 174 Å². The van der Waals surface area contributed by atoms with E-state index in [2.05, 4.69) is 31.9 Å². The van der Waals surface area contributed by atoms with Crippen LogP contribution in [0.15, 0.2) is 4.99 Å². The lowest BCUT2D eigenvalue weighted by Gasteiger charge is -2.38. The van der Waals surface area contributed by atoms with Crippen LogP contribution in [0.5, 0.6) is 0 Å². The summed E-state index contributed by atoms with van der Waals surface area (Å²) < 4.78 is 2.34. The summed E-state index contributed by atoms with van der Waals surface area (Å²) in [5.41, 5.74) is 0.612. The SMILES string of the molecule is CCNC(=NCCc1nnc2n1CCCCC2)N1CCC2(CCC2)C1.I. The number of aliphatic imine (C=N–C) groups is 1. The molecular weight excluding hydrogens is 439 g/mol. The topological polar surface area (TPSA) is 58.3 Å². The molecule has 146 valence electrons. The van der Waals surface area contributed by atoms with Crippen LogP contribution in [-0.4, -0.2) is 51.8 Å². The van der Waals surface area contributed by atoms with Gasteiger partial charge in [-0.3, -0.25) is 4.99 Å². The van der Waals surface area contributed by atoms with Crippen molar-refractivity contribution in [1.29, 1.82) is 0 Å². The van der Waals surface area contributed by atoms with E-state index in [1.807, 2.05) is 0 Å². The lowest BCUT2D eigenvalue weighted by Crippen LogP contribution is -2.42. The van der Waals surface area contributed by atoms with Crippen LogP contribution in [0, 0.1) is 5.41 Å². The van der Waals surface area contributed by atoms with E-state index in [1.165, 1.54) is 57.3 Å². The van der Waals surface area contributed by atoms with E-state index in [0.717, 1.165) is 50.8 Å². The molecule has 0 unspecified atom stereocenters. The predicted molar refractivity (Wildman–Crippen MR) is 115 cm³/mol. The monoisotopic (exact) mass is 472 g/mol. The molecule has 2 fully saturated rings. The molecule has 1 N–H and O–H groups in total. The fourth-order valence-corrected chi connectivity index (χ4v) is 4.62. The Morgan fingerprint density at radius 2 is 2.00 bits per heavy atom. The summed E-state index contributed by atoms with van der Waals surface area (Å²) in [6.45, 7) is 7.32. The first-order valence-electron chi connectivity index (χ1n) is 10.2. The van der Waals surface area contributed by atoms with E-state index < -0.39 is 0 Å². The molecule has 3 heterocycles. The number of fused-ring (bicyclic) bond motifs is 1. The molecule has 1 spiro atoms. The number of hydrogen-bond acceptors (Lipinski definition) is 3. The van der Waals surface area contributed by atoms with Crippen LogP contribution in [0.4, 0.5) is 0 Å². The fourth-order valence-electron chi connectivity index (χ4n) is 4.62. The molecule has 0 bridgehead atoms. The molecule has 1 saturated carbocycles. The number of hydrogen-bond donors (Lipinski definition) is 1. The number of guanidine groups is 1. The van der Waals surface area contributed by atoms with Crippen molar-refractivity contribution < 1.29 is 0 Å². The molecule has 0 radical (unpaired) electrons. The Balaban J connectivity index is 0.00000196. The number of aromatic nitrogens is 3. The van der Waals surface area contributed by atoms with Crippen LogP contribution >= 0.6 is 24.0 Å². The van der Waals surface area contributed by atoms with E-state index in [9.17, 15) is 0 Å². The first-order chi connectivity index (χ1) is 12.3. The van der Waals surface area contributed by atoms with Gasteiger partial charge in [-0.1, -0.05) is 12.8 Å². The third kappa shape index (κ3) is 4.17. The maximum Gasteiger partial charge on any atom is 0.193 e. The Kier molecular flexibility index (Phi) is 6.80. The van der Waals surface area contributed by atoms with Crippen molar-refractivity contribution >= 4 is 29.9 Å². The van der Waals surface area contributed by atoms with Crippen molar-refractivity contribution in [1.82, 2.24) is 25.0 Å². The molecule has 1 saturated heterocycles.